The molecule has 1 heterocycles. The molecule has 1 aromatic carbocycles. The van der Waals surface area contributed by atoms with E-state index in [0.717, 1.165) is 23.0 Å². The van der Waals surface area contributed by atoms with E-state index in [1.807, 2.05) is 29.3 Å². The largest absolute Gasteiger partial charge is 0.398 e. The maximum Gasteiger partial charge on any atom is 0.0576 e. The Morgan fingerprint density at radius 1 is 1.15 bits per heavy atom. The van der Waals surface area contributed by atoms with Gasteiger partial charge in [-0.1, -0.05) is 12.1 Å². The molecule has 0 aliphatic carbocycles. The molecule has 20 heavy (non-hydrogen) atoms. The number of halogens is 1. The summed E-state index contributed by atoms with van der Waals surface area (Å²) in [6, 6.07) is 7.60. The van der Waals surface area contributed by atoms with Gasteiger partial charge in [-0.15, -0.1) is 0 Å². The molecule has 1 aliphatic heterocycles. The fourth-order valence-electron chi connectivity index (χ4n) is 2.72. The van der Waals surface area contributed by atoms with Gasteiger partial charge in [0.05, 0.1) is 6.10 Å². The molecular weight excluding hydrogens is 318 g/mol. The number of nitrogens with zero attached hydrogens (tertiary/aromatic N) is 1. The van der Waals surface area contributed by atoms with Gasteiger partial charge in [-0.3, -0.25) is 5.84 Å². The molecule has 4 nitrogen and oxygen atoms in total. The van der Waals surface area contributed by atoms with Gasteiger partial charge in [-0.05, 0) is 68.6 Å². The lowest BCUT2D eigenvalue weighted by atomic mass is 9.80. The first-order chi connectivity index (χ1) is 9.06. The zero-order valence-electron chi connectivity index (χ0n) is 12.7. The van der Waals surface area contributed by atoms with Gasteiger partial charge >= 0.3 is 0 Å². The van der Waals surface area contributed by atoms with Crippen molar-refractivity contribution in [2.75, 3.05) is 5.73 Å². The lowest BCUT2D eigenvalue weighted by Crippen LogP contribution is -2.64. The van der Waals surface area contributed by atoms with Gasteiger partial charge in [0, 0.05) is 21.2 Å². The maximum absolute atomic E-state index is 9.62. The number of nitrogen functional groups attached to an aromatic ring is 1. The predicted octanol–water partition coefficient (Wildman–Crippen LogP) is 2.91. The van der Waals surface area contributed by atoms with Gasteiger partial charge in [0.25, 0.3) is 0 Å². The minimum absolute atomic E-state index is 0.0961. The van der Waals surface area contributed by atoms with E-state index in [4.69, 9.17) is 11.6 Å². The molecule has 0 radical (unpaired) electrons. The van der Waals surface area contributed by atoms with Crippen LogP contribution in [-0.2, 0) is 0 Å². The normalized spacial score (nSPS) is 21.9. The number of anilines is 1. The quantitative estimate of drug-likeness (QED) is 0.500. The third kappa shape index (κ3) is 4.45. The van der Waals surface area contributed by atoms with Crippen LogP contribution in [0.15, 0.2) is 28.7 Å². The number of hydrogen-bond acceptors (Lipinski definition) is 4. The first-order valence-electron chi connectivity index (χ1n) is 6.79. The molecule has 0 bridgehead atoms. The molecule has 0 spiro atoms. The molecule has 5 N–H and O–H groups in total. The van der Waals surface area contributed by atoms with Crippen molar-refractivity contribution in [2.24, 2.45) is 5.84 Å². The van der Waals surface area contributed by atoms with Crippen LogP contribution < -0.4 is 11.6 Å². The Bertz CT molecular complexity index is 409. The number of rotatable bonds is 0. The van der Waals surface area contributed by atoms with E-state index in [2.05, 4.69) is 43.6 Å². The van der Waals surface area contributed by atoms with Crippen LogP contribution in [0.25, 0.3) is 0 Å². The van der Waals surface area contributed by atoms with E-state index >= 15 is 0 Å². The van der Waals surface area contributed by atoms with Crippen molar-refractivity contribution in [3.63, 3.8) is 0 Å². The second-order valence-corrected chi connectivity index (χ2v) is 7.43. The number of aliphatic hydroxyl groups excluding tert-OH is 1. The first-order valence-corrected chi connectivity index (χ1v) is 7.59. The molecule has 1 aliphatic rings. The average Bonchev–Trinajstić information content (AvgIpc) is 2.30. The number of para-hydroxylation sites is 1. The Balaban J connectivity index is 0.000000217. The van der Waals surface area contributed by atoms with Crippen molar-refractivity contribution in [3.05, 3.63) is 28.7 Å². The van der Waals surface area contributed by atoms with Gasteiger partial charge < -0.3 is 10.8 Å². The zero-order chi connectivity index (χ0) is 15.6. The number of hydrazine groups is 1. The van der Waals surface area contributed by atoms with Crippen molar-refractivity contribution in [1.29, 1.82) is 0 Å². The molecule has 2 rings (SSSR count). The molecular formula is C15H26BrN3O. The van der Waals surface area contributed by atoms with Crippen LogP contribution in [0.2, 0.25) is 0 Å². The monoisotopic (exact) mass is 343 g/mol. The molecule has 0 unspecified atom stereocenters. The summed E-state index contributed by atoms with van der Waals surface area (Å²) in [4.78, 5) is 0. The average molecular weight is 344 g/mol. The Morgan fingerprint density at radius 2 is 1.60 bits per heavy atom. The fraction of sp³-hybridized carbons (Fsp3) is 0.600. The summed E-state index contributed by atoms with van der Waals surface area (Å²) in [5.74, 6) is 5.97. The highest BCUT2D eigenvalue weighted by atomic mass is 79.9. The molecule has 0 atom stereocenters. The van der Waals surface area contributed by atoms with Gasteiger partial charge in [-0.25, -0.2) is 5.01 Å². The molecule has 0 aromatic heterocycles. The Morgan fingerprint density at radius 3 is 1.95 bits per heavy atom. The highest BCUT2D eigenvalue weighted by Crippen LogP contribution is 2.35. The molecule has 1 fully saturated rings. The number of aliphatic hydroxyl groups is 1. The second-order valence-electron chi connectivity index (χ2n) is 6.58. The lowest BCUT2D eigenvalue weighted by Gasteiger charge is -2.51. The molecule has 5 heteroatoms. The highest BCUT2D eigenvalue weighted by Gasteiger charge is 2.43. The van der Waals surface area contributed by atoms with Crippen LogP contribution in [-0.4, -0.2) is 27.3 Å². The summed E-state index contributed by atoms with van der Waals surface area (Å²) in [6.07, 6.45) is 1.30. The second kappa shape index (κ2) is 6.43. The van der Waals surface area contributed by atoms with Crippen molar-refractivity contribution in [1.82, 2.24) is 5.01 Å². The van der Waals surface area contributed by atoms with Crippen LogP contribution in [0, 0.1) is 0 Å². The van der Waals surface area contributed by atoms with Crippen molar-refractivity contribution in [3.8, 4) is 0 Å². The SMILES string of the molecule is CC1(C)CC(O)CC(C)(C)N1N.Nc1ccccc1Br. The standard InChI is InChI=1S/C9H20N2O.C6H6BrN/c1-8(2)5-7(12)6-9(3,4)11(8)10;7-5-3-1-2-4-6(5)8/h7,12H,5-6,10H2,1-4H3;1-4H,8H2. The first kappa shape index (κ1) is 17.4. The smallest absolute Gasteiger partial charge is 0.0576 e. The summed E-state index contributed by atoms with van der Waals surface area (Å²) in [5, 5.41) is 11.5. The van der Waals surface area contributed by atoms with Crippen molar-refractivity contribution in [2.45, 2.75) is 57.7 Å². The summed E-state index contributed by atoms with van der Waals surface area (Å²) < 4.78 is 0.958. The summed E-state index contributed by atoms with van der Waals surface area (Å²) in [7, 11) is 0. The highest BCUT2D eigenvalue weighted by molar-refractivity contribution is 9.10. The van der Waals surface area contributed by atoms with E-state index in [-0.39, 0.29) is 17.2 Å². The van der Waals surface area contributed by atoms with Gasteiger partial charge in [0.1, 0.15) is 0 Å². The fourth-order valence-corrected chi connectivity index (χ4v) is 3.00. The van der Waals surface area contributed by atoms with Gasteiger partial charge in [0.2, 0.25) is 0 Å². The molecule has 1 saturated heterocycles. The van der Waals surface area contributed by atoms with E-state index in [1.165, 1.54) is 0 Å². The zero-order valence-corrected chi connectivity index (χ0v) is 14.3. The summed E-state index contributed by atoms with van der Waals surface area (Å²) in [6.45, 7) is 8.27. The van der Waals surface area contributed by atoms with Crippen LogP contribution in [0.5, 0.6) is 0 Å². The summed E-state index contributed by atoms with van der Waals surface area (Å²) in [5.41, 5.74) is 6.07. The Kier molecular flexibility index (Phi) is 5.61. The van der Waals surface area contributed by atoms with Crippen LogP contribution in [0.4, 0.5) is 5.69 Å². The minimum Gasteiger partial charge on any atom is -0.398 e. The van der Waals surface area contributed by atoms with Crippen molar-refractivity contribution < 1.29 is 5.11 Å². The molecule has 114 valence electrons. The van der Waals surface area contributed by atoms with E-state index in [0.29, 0.717) is 0 Å². The summed E-state index contributed by atoms with van der Waals surface area (Å²) >= 11 is 3.27. The van der Waals surface area contributed by atoms with Gasteiger partial charge in [-0.2, -0.15) is 0 Å². The van der Waals surface area contributed by atoms with Gasteiger partial charge in [0.15, 0.2) is 0 Å². The van der Waals surface area contributed by atoms with Crippen molar-refractivity contribution >= 4 is 21.6 Å². The predicted molar refractivity (Wildman–Crippen MR) is 88.0 cm³/mol. The number of hydrogen-bond donors (Lipinski definition) is 3. The molecule has 0 saturated carbocycles. The van der Waals surface area contributed by atoms with Crippen LogP contribution in [0.3, 0.4) is 0 Å². The number of piperidine rings is 1. The Labute approximate surface area is 130 Å². The van der Waals surface area contributed by atoms with E-state index in [1.54, 1.807) is 0 Å². The van der Waals surface area contributed by atoms with Crippen LogP contribution >= 0.6 is 15.9 Å². The molecule has 0 amide bonds. The molecule has 1 aromatic rings. The third-order valence-electron chi connectivity index (χ3n) is 3.68. The Hall–Kier alpha value is -0.620. The number of nitrogens with two attached hydrogens (primary N) is 2. The van der Waals surface area contributed by atoms with E-state index < -0.39 is 0 Å². The topological polar surface area (TPSA) is 75.5 Å². The van der Waals surface area contributed by atoms with E-state index in [9.17, 15) is 5.11 Å². The third-order valence-corrected chi connectivity index (χ3v) is 4.40. The maximum atomic E-state index is 9.62. The number of benzene rings is 1. The lowest BCUT2D eigenvalue weighted by molar-refractivity contribution is -0.0819. The minimum atomic E-state index is -0.213. The van der Waals surface area contributed by atoms with Crippen LogP contribution in [0.1, 0.15) is 40.5 Å².